The van der Waals surface area contributed by atoms with E-state index in [0.29, 0.717) is 5.69 Å². The Labute approximate surface area is 148 Å². The highest BCUT2D eigenvalue weighted by molar-refractivity contribution is 7.91. The van der Waals surface area contributed by atoms with Gasteiger partial charge in [0.25, 0.3) is 10.0 Å². The van der Waals surface area contributed by atoms with Gasteiger partial charge in [0, 0.05) is 6.20 Å². The van der Waals surface area contributed by atoms with Gasteiger partial charge < -0.3 is 4.74 Å². The van der Waals surface area contributed by atoms with E-state index in [2.05, 4.69) is 9.82 Å². The number of esters is 1. The van der Waals surface area contributed by atoms with Crippen LogP contribution in [0.2, 0.25) is 0 Å². The molecule has 0 fully saturated rings. The predicted molar refractivity (Wildman–Crippen MR) is 92.9 cm³/mol. The van der Waals surface area contributed by atoms with Gasteiger partial charge in [-0.05, 0) is 29.6 Å². The SMILES string of the molecule is O=C(CNS(=O)(=O)c1cccs1)OCc1ccn(-c2ccccc2)n1. The smallest absolute Gasteiger partial charge is 0.321 e. The maximum Gasteiger partial charge on any atom is 0.321 e. The summed E-state index contributed by atoms with van der Waals surface area (Å²) in [4.78, 5) is 11.7. The molecule has 7 nitrogen and oxygen atoms in total. The third-order valence-corrected chi connectivity index (χ3v) is 6.01. The lowest BCUT2D eigenvalue weighted by Crippen LogP contribution is -2.30. The van der Waals surface area contributed by atoms with Crippen molar-refractivity contribution >= 4 is 27.3 Å². The van der Waals surface area contributed by atoms with Gasteiger partial charge in [-0.15, -0.1) is 11.3 Å². The lowest BCUT2D eigenvalue weighted by Gasteiger charge is -2.05. The molecule has 0 bridgehead atoms. The van der Waals surface area contributed by atoms with E-state index in [9.17, 15) is 13.2 Å². The highest BCUT2D eigenvalue weighted by Gasteiger charge is 2.17. The van der Waals surface area contributed by atoms with Crippen LogP contribution in [-0.2, 0) is 26.2 Å². The second-order valence-corrected chi connectivity index (χ2v) is 7.95. The molecule has 9 heteroatoms. The van der Waals surface area contributed by atoms with Gasteiger partial charge in [0.05, 0.1) is 5.69 Å². The Hall–Kier alpha value is -2.49. The fraction of sp³-hybridized carbons (Fsp3) is 0.125. The van der Waals surface area contributed by atoms with Crippen molar-refractivity contribution in [3.63, 3.8) is 0 Å². The lowest BCUT2D eigenvalue weighted by atomic mass is 10.3. The van der Waals surface area contributed by atoms with Crippen LogP contribution in [0.3, 0.4) is 0 Å². The molecule has 0 aliphatic rings. The van der Waals surface area contributed by atoms with Crippen LogP contribution in [0.1, 0.15) is 5.69 Å². The minimum absolute atomic E-state index is 0.0284. The van der Waals surface area contributed by atoms with Crippen LogP contribution < -0.4 is 4.72 Å². The van der Waals surface area contributed by atoms with E-state index in [1.807, 2.05) is 30.3 Å². The molecule has 0 atom stereocenters. The van der Waals surface area contributed by atoms with Crippen molar-refractivity contribution in [1.82, 2.24) is 14.5 Å². The summed E-state index contributed by atoms with van der Waals surface area (Å²) in [5.41, 5.74) is 1.46. The summed E-state index contributed by atoms with van der Waals surface area (Å²) in [7, 11) is -3.68. The van der Waals surface area contributed by atoms with Gasteiger partial charge in [0.15, 0.2) is 0 Å². The quantitative estimate of drug-likeness (QED) is 0.636. The van der Waals surface area contributed by atoms with Gasteiger partial charge in [-0.25, -0.2) is 13.1 Å². The Morgan fingerprint density at radius 3 is 2.68 bits per heavy atom. The Bertz CT molecular complexity index is 935. The second kappa shape index (κ2) is 7.60. The maximum atomic E-state index is 11.9. The topological polar surface area (TPSA) is 90.3 Å². The average Bonchev–Trinajstić information content (AvgIpc) is 3.31. The molecule has 0 unspecified atom stereocenters. The number of sulfonamides is 1. The molecule has 3 aromatic rings. The summed E-state index contributed by atoms with van der Waals surface area (Å²) in [5.74, 6) is -0.672. The zero-order valence-corrected chi connectivity index (χ0v) is 14.7. The minimum atomic E-state index is -3.68. The summed E-state index contributed by atoms with van der Waals surface area (Å²) in [6.45, 7) is -0.459. The molecule has 0 spiro atoms. The largest absolute Gasteiger partial charge is 0.458 e. The third kappa shape index (κ3) is 4.53. The first-order valence-electron chi connectivity index (χ1n) is 7.33. The molecule has 2 aromatic heterocycles. The highest BCUT2D eigenvalue weighted by Crippen LogP contribution is 2.15. The molecule has 1 N–H and O–H groups in total. The zero-order valence-electron chi connectivity index (χ0n) is 13.0. The van der Waals surface area contributed by atoms with Crippen LogP contribution in [0.15, 0.2) is 64.3 Å². The fourth-order valence-corrected chi connectivity index (χ4v) is 4.02. The lowest BCUT2D eigenvalue weighted by molar-refractivity contribution is -0.143. The van der Waals surface area contributed by atoms with Gasteiger partial charge in [0.1, 0.15) is 23.1 Å². The van der Waals surface area contributed by atoms with Crippen molar-refractivity contribution < 1.29 is 17.9 Å². The Kier molecular flexibility index (Phi) is 5.27. The van der Waals surface area contributed by atoms with E-state index in [0.717, 1.165) is 17.0 Å². The molecule has 2 heterocycles. The molecule has 0 amide bonds. The normalized spacial score (nSPS) is 11.4. The number of hydrogen-bond donors (Lipinski definition) is 1. The van der Waals surface area contributed by atoms with Crippen molar-refractivity contribution in [3.05, 3.63) is 65.8 Å². The molecule has 1 aromatic carbocycles. The van der Waals surface area contributed by atoms with Gasteiger partial charge in [-0.1, -0.05) is 24.3 Å². The van der Waals surface area contributed by atoms with Crippen molar-refractivity contribution in [2.24, 2.45) is 0 Å². The second-order valence-electron chi connectivity index (χ2n) is 5.00. The summed E-state index contributed by atoms with van der Waals surface area (Å²) in [6, 6.07) is 14.3. The molecule has 0 aliphatic carbocycles. The van der Waals surface area contributed by atoms with E-state index < -0.39 is 22.5 Å². The van der Waals surface area contributed by atoms with Crippen LogP contribution in [0.25, 0.3) is 5.69 Å². The summed E-state index contributed by atoms with van der Waals surface area (Å²) in [6.07, 6.45) is 1.76. The van der Waals surface area contributed by atoms with E-state index >= 15 is 0 Å². The molecule has 25 heavy (non-hydrogen) atoms. The Balaban J connectivity index is 1.51. The molecule has 0 radical (unpaired) electrons. The van der Waals surface area contributed by atoms with Gasteiger partial charge in [-0.2, -0.15) is 9.82 Å². The first-order chi connectivity index (χ1) is 12.0. The van der Waals surface area contributed by atoms with E-state index in [1.54, 1.807) is 28.4 Å². The number of rotatable bonds is 7. The number of aromatic nitrogens is 2. The van der Waals surface area contributed by atoms with Crippen molar-refractivity contribution in [3.8, 4) is 5.69 Å². The van der Waals surface area contributed by atoms with Crippen LogP contribution >= 0.6 is 11.3 Å². The van der Waals surface area contributed by atoms with Crippen molar-refractivity contribution in [1.29, 1.82) is 0 Å². The molecule has 130 valence electrons. The van der Waals surface area contributed by atoms with Crippen LogP contribution in [-0.4, -0.2) is 30.7 Å². The van der Waals surface area contributed by atoms with E-state index in [-0.39, 0.29) is 10.8 Å². The number of carbonyl (C=O) groups excluding carboxylic acids is 1. The first kappa shape index (κ1) is 17.3. The average molecular weight is 377 g/mol. The summed E-state index contributed by atoms with van der Waals surface area (Å²) >= 11 is 1.08. The summed E-state index contributed by atoms with van der Waals surface area (Å²) < 4.78 is 32.9. The summed E-state index contributed by atoms with van der Waals surface area (Å²) in [5, 5.41) is 5.95. The van der Waals surface area contributed by atoms with Crippen molar-refractivity contribution in [2.45, 2.75) is 10.8 Å². The number of ether oxygens (including phenoxy) is 1. The van der Waals surface area contributed by atoms with Gasteiger partial charge in [-0.3, -0.25) is 4.79 Å². The maximum absolute atomic E-state index is 11.9. The van der Waals surface area contributed by atoms with Crippen LogP contribution in [0, 0.1) is 0 Å². The minimum Gasteiger partial charge on any atom is -0.458 e. The zero-order chi connectivity index (χ0) is 17.7. The number of nitrogens with one attached hydrogen (secondary N) is 1. The first-order valence-corrected chi connectivity index (χ1v) is 9.70. The molecular formula is C16H15N3O4S2. The third-order valence-electron chi connectivity index (χ3n) is 3.21. The number of benzene rings is 1. The number of thiophene rings is 1. The standard InChI is InChI=1S/C16H15N3O4S2/c20-15(11-17-25(21,22)16-7-4-10-24-16)23-12-13-8-9-19(18-13)14-5-2-1-3-6-14/h1-10,17H,11-12H2. The number of carbonyl (C=O) groups is 1. The van der Waals surface area contributed by atoms with Crippen molar-refractivity contribution in [2.75, 3.05) is 6.54 Å². The number of para-hydroxylation sites is 1. The Morgan fingerprint density at radius 1 is 1.16 bits per heavy atom. The Morgan fingerprint density at radius 2 is 1.96 bits per heavy atom. The molecule has 3 rings (SSSR count). The van der Waals surface area contributed by atoms with E-state index in [1.165, 1.54) is 6.07 Å². The number of hydrogen-bond acceptors (Lipinski definition) is 6. The van der Waals surface area contributed by atoms with Crippen LogP contribution in [0.5, 0.6) is 0 Å². The van der Waals surface area contributed by atoms with Gasteiger partial charge >= 0.3 is 5.97 Å². The monoisotopic (exact) mass is 377 g/mol. The predicted octanol–water partition coefficient (Wildman–Crippen LogP) is 1.96. The van der Waals surface area contributed by atoms with Gasteiger partial charge in [0.2, 0.25) is 0 Å². The highest BCUT2D eigenvalue weighted by atomic mass is 32.2. The fourth-order valence-electron chi connectivity index (χ4n) is 2.01. The molecular weight excluding hydrogens is 362 g/mol. The molecule has 0 aliphatic heterocycles. The van der Waals surface area contributed by atoms with Crippen LogP contribution in [0.4, 0.5) is 0 Å². The molecule has 0 saturated carbocycles. The number of nitrogens with zero attached hydrogens (tertiary/aromatic N) is 2. The molecule has 0 saturated heterocycles. The van der Waals surface area contributed by atoms with E-state index in [4.69, 9.17) is 4.74 Å².